The Morgan fingerprint density at radius 3 is 2.78 bits per heavy atom. The van der Waals surface area contributed by atoms with Crippen LogP contribution in [-0.2, 0) is 12.1 Å². The van der Waals surface area contributed by atoms with Gasteiger partial charge in [-0.15, -0.1) is 5.10 Å². The number of aromatic nitrogens is 3. The van der Waals surface area contributed by atoms with Crippen molar-refractivity contribution in [3.05, 3.63) is 45.9 Å². The van der Waals surface area contributed by atoms with Gasteiger partial charge in [0.25, 0.3) is 0 Å². The molecule has 4 nitrogen and oxygen atoms in total. The first kappa shape index (κ1) is 13.2. The standard InChI is InChI=1S/C12H14BrFN4/c1-12(2,15)11-7-18(17-16-11)6-8-5-9(14)3-4-10(8)13/h3-5,7H,6,15H2,1-2H3. The lowest BCUT2D eigenvalue weighted by Crippen LogP contribution is -2.29. The van der Waals surface area contributed by atoms with Crippen molar-refractivity contribution in [3.8, 4) is 0 Å². The van der Waals surface area contributed by atoms with Crippen LogP contribution < -0.4 is 5.73 Å². The minimum absolute atomic E-state index is 0.271. The van der Waals surface area contributed by atoms with Crippen LogP contribution >= 0.6 is 15.9 Å². The molecule has 0 saturated heterocycles. The summed E-state index contributed by atoms with van der Waals surface area (Å²) in [5.74, 6) is -0.271. The summed E-state index contributed by atoms with van der Waals surface area (Å²) in [5.41, 5.74) is 6.91. The molecule has 0 bridgehead atoms. The van der Waals surface area contributed by atoms with Crippen molar-refractivity contribution in [1.82, 2.24) is 15.0 Å². The molecule has 2 aromatic rings. The lowest BCUT2D eigenvalue weighted by molar-refractivity contribution is 0.533. The van der Waals surface area contributed by atoms with E-state index in [0.717, 1.165) is 10.0 Å². The topological polar surface area (TPSA) is 56.7 Å². The first-order chi connectivity index (χ1) is 8.36. The number of nitrogens with zero attached hydrogens (tertiary/aromatic N) is 3. The Morgan fingerprint density at radius 1 is 1.44 bits per heavy atom. The Bertz CT molecular complexity index is 559. The van der Waals surface area contributed by atoms with Crippen molar-refractivity contribution in [2.75, 3.05) is 0 Å². The zero-order chi connectivity index (χ0) is 13.3. The third-order valence-corrected chi connectivity index (χ3v) is 3.31. The summed E-state index contributed by atoms with van der Waals surface area (Å²) in [5, 5.41) is 8.01. The van der Waals surface area contributed by atoms with Crippen molar-refractivity contribution in [3.63, 3.8) is 0 Å². The molecule has 96 valence electrons. The van der Waals surface area contributed by atoms with E-state index >= 15 is 0 Å². The molecule has 1 aromatic heterocycles. The minimum atomic E-state index is -0.530. The lowest BCUT2D eigenvalue weighted by Gasteiger charge is -2.13. The van der Waals surface area contributed by atoms with Crippen molar-refractivity contribution in [2.24, 2.45) is 5.73 Å². The van der Waals surface area contributed by atoms with Gasteiger partial charge in [0.1, 0.15) is 11.5 Å². The summed E-state index contributed by atoms with van der Waals surface area (Å²) in [6.45, 7) is 4.17. The molecule has 0 saturated carbocycles. The second kappa shape index (κ2) is 4.78. The molecule has 18 heavy (non-hydrogen) atoms. The van der Waals surface area contributed by atoms with Crippen LogP contribution in [0.2, 0.25) is 0 Å². The molecule has 2 N–H and O–H groups in total. The molecule has 6 heteroatoms. The van der Waals surface area contributed by atoms with Crippen LogP contribution in [0.1, 0.15) is 25.1 Å². The Morgan fingerprint density at radius 2 is 2.17 bits per heavy atom. The van der Waals surface area contributed by atoms with Crippen LogP contribution in [-0.4, -0.2) is 15.0 Å². The minimum Gasteiger partial charge on any atom is -0.320 e. The monoisotopic (exact) mass is 312 g/mol. The molecule has 1 aromatic carbocycles. The highest BCUT2D eigenvalue weighted by atomic mass is 79.9. The average Bonchev–Trinajstić information content (AvgIpc) is 2.71. The summed E-state index contributed by atoms with van der Waals surface area (Å²) in [4.78, 5) is 0. The van der Waals surface area contributed by atoms with Crippen molar-refractivity contribution in [1.29, 1.82) is 0 Å². The molecule has 0 spiro atoms. The Labute approximate surface area is 113 Å². The maximum atomic E-state index is 13.2. The maximum Gasteiger partial charge on any atom is 0.123 e. The Kier molecular flexibility index (Phi) is 3.49. The van der Waals surface area contributed by atoms with E-state index in [0.29, 0.717) is 12.2 Å². The summed E-state index contributed by atoms with van der Waals surface area (Å²) in [7, 11) is 0. The fraction of sp³-hybridized carbons (Fsp3) is 0.333. The van der Waals surface area contributed by atoms with Gasteiger partial charge in [0.05, 0.1) is 18.3 Å². The summed E-state index contributed by atoms with van der Waals surface area (Å²) < 4.78 is 15.6. The number of hydrogen-bond donors (Lipinski definition) is 1. The zero-order valence-electron chi connectivity index (χ0n) is 10.2. The number of benzene rings is 1. The van der Waals surface area contributed by atoms with E-state index in [9.17, 15) is 4.39 Å². The normalized spacial score (nSPS) is 11.8. The quantitative estimate of drug-likeness (QED) is 0.947. The second-order valence-electron chi connectivity index (χ2n) is 4.76. The van der Waals surface area contributed by atoms with Gasteiger partial charge in [-0.1, -0.05) is 21.1 Å². The van der Waals surface area contributed by atoms with Crippen LogP contribution in [0, 0.1) is 5.82 Å². The van der Waals surface area contributed by atoms with E-state index in [-0.39, 0.29) is 5.82 Å². The highest BCUT2D eigenvalue weighted by Crippen LogP contribution is 2.19. The molecule has 0 aliphatic carbocycles. The number of hydrogen-bond acceptors (Lipinski definition) is 3. The Hall–Kier alpha value is -1.27. The largest absolute Gasteiger partial charge is 0.320 e. The molecule has 0 radical (unpaired) electrons. The summed E-state index contributed by atoms with van der Waals surface area (Å²) in [6, 6.07) is 4.55. The first-order valence-corrected chi connectivity index (χ1v) is 6.29. The van der Waals surface area contributed by atoms with Gasteiger partial charge in [-0.2, -0.15) is 0 Å². The van der Waals surface area contributed by atoms with E-state index in [1.165, 1.54) is 12.1 Å². The van der Waals surface area contributed by atoms with Crippen LogP contribution in [0.25, 0.3) is 0 Å². The highest BCUT2D eigenvalue weighted by Gasteiger charge is 2.18. The van der Waals surface area contributed by atoms with Crippen LogP contribution in [0.3, 0.4) is 0 Å². The molecule has 1 heterocycles. The van der Waals surface area contributed by atoms with Gasteiger partial charge in [0.15, 0.2) is 0 Å². The van der Waals surface area contributed by atoms with Gasteiger partial charge in [0, 0.05) is 4.47 Å². The number of halogens is 2. The van der Waals surface area contributed by atoms with E-state index in [1.54, 1.807) is 16.9 Å². The van der Waals surface area contributed by atoms with Crippen LogP contribution in [0.5, 0.6) is 0 Å². The Balaban J connectivity index is 2.24. The highest BCUT2D eigenvalue weighted by molar-refractivity contribution is 9.10. The molecule has 2 rings (SSSR count). The third-order valence-electron chi connectivity index (χ3n) is 2.54. The number of nitrogens with two attached hydrogens (primary N) is 1. The second-order valence-corrected chi connectivity index (χ2v) is 5.61. The number of rotatable bonds is 3. The smallest absolute Gasteiger partial charge is 0.123 e. The molecule has 0 atom stereocenters. The SMILES string of the molecule is CC(C)(N)c1cn(Cc2cc(F)ccc2Br)nn1. The summed E-state index contributed by atoms with van der Waals surface area (Å²) >= 11 is 3.38. The van der Waals surface area contributed by atoms with Crippen molar-refractivity contribution < 1.29 is 4.39 Å². The zero-order valence-corrected chi connectivity index (χ0v) is 11.8. The predicted octanol–water partition coefficient (Wildman–Crippen LogP) is 2.42. The lowest BCUT2D eigenvalue weighted by atomic mass is 10.0. The first-order valence-electron chi connectivity index (χ1n) is 5.49. The molecule has 0 aliphatic heterocycles. The van der Waals surface area contributed by atoms with E-state index in [4.69, 9.17) is 5.73 Å². The van der Waals surface area contributed by atoms with Crippen LogP contribution in [0.15, 0.2) is 28.9 Å². The summed E-state index contributed by atoms with van der Waals surface area (Å²) in [6.07, 6.45) is 1.78. The van der Waals surface area contributed by atoms with Gasteiger partial charge in [-0.3, -0.25) is 0 Å². The van der Waals surface area contributed by atoms with E-state index in [1.807, 2.05) is 13.8 Å². The molecule has 0 amide bonds. The predicted molar refractivity (Wildman–Crippen MR) is 70.4 cm³/mol. The van der Waals surface area contributed by atoms with Crippen molar-refractivity contribution >= 4 is 15.9 Å². The molecule has 0 fully saturated rings. The van der Waals surface area contributed by atoms with Gasteiger partial charge < -0.3 is 5.73 Å². The maximum absolute atomic E-state index is 13.2. The fourth-order valence-corrected chi connectivity index (χ4v) is 1.88. The van der Waals surface area contributed by atoms with Gasteiger partial charge in [-0.05, 0) is 37.6 Å². The van der Waals surface area contributed by atoms with E-state index < -0.39 is 5.54 Å². The van der Waals surface area contributed by atoms with Gasteiger partial charge >= 0.3 is 0 Å². The van der Waals surface area contributed by atoms with Crippen molar-refractivity contribution in [2.45, 2.75) is 25.9 Å². The molecular weight excluding hydrogens is 299 g/mol. The fourth-order valence-electron chi connectivity index (χ4n) is 1.51. The molecule has 0 unspecified atom stereocenters. The van der Waals surface area contributed by atoms with E-state index in [2.05, 4.69) is 26.2 Å². The third kappa shape index (κ3) is 2.94. The molecule has 0 aliphatic rings. The van der Waals surface area contributed by atoms with Gasteiger partial charge in [-0.25, -0.2) is 9.07 Å². The average molecular weight is 313 g/mol. The van der Waals surface area contributed by atoms with Crippen LogP contribution in [0.4, 0.5) is 4.39 Å². The molecular formula is C12H14BrFN4. The van der Waals surface area contributed by atoms with Gasteiger partial charge in [0.2, 0.25) is 0 Å².